The van der Waals surface area contributed by atoms with Crippen molar-refractivity contribution < 1.29 is 9.59 Å². The predicted octanol–water partition coefficient (Wildman–Crippen LogP) is 2.18. The highest BCUT2D eigenvalue weighted by atomic mass is 16.2. The van der Waals surface area contributed by atoms with E-state index in [-0.39, 0.29) is 22.9 Å². The lowest BCUT2D eigenvalue weighted by Gasteiger charge is -2.17. The number of fused-ring (bicyclic) bond motifs is 1. The molecule has 0 bridgehead atoms. The fourth-order valence-electron chi connectivity index (χ4n) is 3.82. The van der Waals surface area contributed by atoms with Crippen LogP contribution in [-0.2, 0) is 4.79 Å². The summed E-state index contributed by atoms with van der Waals surface area (Å²) in [6.07, 6.45) is 5.66. The minimum atomic E-state index is -0.581. The minimum Gasteiger partial charge on any atom is -0.364 e. The van der Waals surface area contributed by atoms with Gasteiger partial charge in [-0.3, -0.25) is 14.7 Å². The molecule has 2 aromatic rings. The molecule has 0 aliphatic heterocycles. The zero-order valence-electron chi connectivity index (χ0n) is 12.2. The summed E-state index contributed by atoms with van der Waals surface area (Å²) < 4.78 is 0. The molecule has 0 radical (unpaired) electrons. The van der Waals surface area contributed by atoms with Gasteiger partial charge in [0.05, 0.1) is 5.52 Å². The molecule has 1 atom stereocenters. The molecule has 2 amide bonds. The Kier molecular flexibility index (Phi) is 2.76. The van der Waals surface area contributed by atoms with Gasteiger partial charge < -0.3 is 11.1 Å². The van der Waals surface area contributed by atoms with Crippen molar-refractivity contribution in [3.8, 4) is 0 Å². The molecule has 114 valence electrons. The van der Waals surface area contributed by atoms with Crippen LogP contribution in [0.25, 0.3) is 10.9 Å². The number of hydrogen-bond acceptors (Lipinski definition) is 3. The maximum atomic E-state index is 12.5. The maximum absolute atomic E-state index is 12.5. The number of benzene rings is 1. The minimum absolute atomic E-state index is 0.0958. The molecule has 4 rings (SSSR count). The van der Waals surface area contributed by atoms with Crippen molar-refractivity contribution in [1.29, 1.82) is 0 Å². The first-order valence-corrected chi connectivity index (χ1v) is 7.68. The standard InChI is InChI=1S/C16H18N4O2/c17-14(21)13-10-8-9(3-4-12(10)19-20-13)18-15(22)11-2-1-5-16(11)6-7-16/h3-4,8,11H,1-2,5-7H2,(H2,17,21)(H,18,22)(H,19,20). The van der Waals surface area contributed by atoms with Crippen molar-refractivity contribution in [2.75, 3.05) is 5.32 Å². The Morgan fingerprint density at radius 1 is 1.32 bits per heavy atom. The highest BCUT2D eigenvalue weighted by Gasteiger charge is 2.54. The van der Waals surface area contributed by atoms with E-state index in [9.17, 15) is 9.59 Å². The first-order chi connectivity index (χ1) is 10.6. The Morgan fingerprint density at radius 2 is 2.14 bits per heavy atom. The van der Waals surface area contributed by atoms with Crippen LogP contribution in [-0.4, -0.2) is 22.0 Å². The van der Waals surface area contributed by atoms with Crippen molar-refractivity contribution in [2.45, 2.75) is 32.1 Å². The number of rotatable bonds is 3. The van der Waals surface area contributed by atoms with E-state index in [4.69, 9.17) is 5.73 Å². The average Bonchev–Trinajstić information content (AvgIpc) is 2.95. The summed E-state index contributed by atoms with van der Waals surface area (Å²) in [7, 11) is 0. The van der Waals surface area contributed by atoms with Crippen LogP contribution >= 0.6 is 0 Å². The van der Waals surface area contributed by atoms with Crippen LogP contribution in [0.3, 0.4) is 0 Å². The number of anilines is 1. The summed E-state index contributed by atoms with van der Waals surface area (Å²) >= 11 is 0. The van der Waals surface area contributed by atoms with E-state index in [2.05, 4.69) is 15.5 Å². The second kappa shape index (κ2) is 4.56. The molecule has 2 saturated carbocycles. The van der Waals surface area contributed by atoms with Crippen LogP contribution in [0.5, 0.6) is 0 Å². The van der Waals surface area contributed by atoms with Gasteiger partial charge in [-0.05, 0) is 49.3 Å². The predicted molar refractivity (Wildman–Crippen MR) is 82.2 cm³/mol. The van der Waals surface area contributed by atoms with E-state index in [1.165, 1.54) is 19.3 Å². The van der Waals surface area contributed by atoms with Crippen LogP contribution < -0.4 is 11.1 Å². The highest BCUT2D eigenvalue weighted by Crippen LogP contribution is 2.61. The third-order valence-electron chi connectivity index (χ3n) is 5.18. The summed E-state index contributed by atoms with van der Waals surface area (Å²) in [5.74, 6) is -0.357. The molecule has 2 aliphatic rings. The Labute approximate surface area is 127 Å². The van der Waals surface area contributed by atoms with E-state index in [0.717, 1.165) is 18.4 Å². The van der Waals surface area contributed by atoms with Gasteiger partial charge in [-0.25, -0.2) is 0 Å². The molecule has 6 nitrogen and oxygen atoms in total. The van der Waals surface area contributed by atoms with Crippen molar-refractivity contribution in [1.82, 2.24) is 10.2 Å². The molecule has 1 heterocycles. The zero-order chi connectivity index (χ0) is 15.3. The second-order valence-corrected chi connectivity index (χ2v) is 6.49. The molecule has 2 aliphatic carbocycles. The second-order valence-electron chi connectivity index (χ2n) is 6.49. The van der Waals surface area contributed by atoms with Gasteiger partial charge in [-0.15, -0.1) is 0 Å². The number of nitrogens with one attached hydrogen (secondary N) is 2. The first kappa shape index (κ1) is 13.3. The van der Waals surface area contributed by atoms with Gasteiger partial charge in [0.15, 0.2) is 5.69 Å². The Hall–Kier alpha value is -2.37. The van der Waals surface area contributed by atoms with E-state index in [1.54, 1.807) is 12.1 Å². The zero-order valence-corrected chi connectivity index (χ0v) is 12.2. The molecule has 4 N–H and O–H groups in total. The highest BCUT2D eigenvalue weighted by molar-refractivity contribution is 6.05. The van der Waals surface area contributed by atoms with Crippen molar-refractivity contribution >= 4 is 28.4 Å². The Morgan fingerprint density at radius 3 is 2.86 bits per heavy atom. The number of nitrogens with zero attached hydrogens (tertiary/aromatic N) is 1. The fraction of sp³-hybridized carbons (Fsp3) is 0.438. The molecule has 2 fully saturated rings. The molecule has 1 aromatic carbocycles. The van der Waals surface area contributed by atoms with Crippen LogP contribution in [0.4, 0.5) is 5.69 Å². The topological polar surface area (TPSA) is 101 Å². The van der Waals surface area contributed by atoms with Gasteiger partial charge in [0, 0.05) is 17.0 Å². The monoisotopic (exact) mass is 298 g/mol. The first-order valence-electron chi connectivity index (χ1n) is 7.68. The summed E-state index contributed by atoms with van der Waals surface area (Å²) in [6, 6.07) is 5.37. The number of hydrogen-bond donors (Lipinski definition) is 3. The quantitative estimate of drug-likeness (QED) is 0.809. The van der Waals surface area contributed by atoms with Gasteiger partial charge in [0.25, 0.3) is 5.91 Å². The molecule has 22 heavy (non-hydrogen) atoms. The fourth-order valence-corrected chi connectivity index (χ4v) is 3.82. The van der Waals surface area contributed by atoms with E-state index < -0.39 is 5.91 Å². The van der Waals surface area contributed by atoms with E-state index in [0.29, 0.717) is 11.1 Å². The molecule has 1 spiro atoms. The number of aromatic amines is 1. The summed E-state index contributed by atoms with van der Waals surface area (Å²) in [4.78, 5) is 23.9. The average molecular weight is 298 g/mol. The third-order valence-corrected chi connectivity index (χ3v) is 5.18. The van der Waals surface area contributed by atoms with Gasteiger partial charge >= 0.3 is 0 Å². The Balaban J connectivity index is 1.60. The van der Waals surface area contributed by atoms with E-state index >= 15 is 0 Å². The Bertz CT molecular complexity index is 776. The molecule has 1 aromatic heterocycles. The lowest BCUT2D eigenvalue weighted by Crippen LogP contribution is -2.26. The molecular weight excluding hydrogens is 280 g/mol. The van der Waals surface area contributed by atoms with Gasteiger partial charge in [-0.1, -0.05) is 6.42 Å². The van der Waals surface area contributed by atoms with Crippen LogP contribution in [0.1, 0.15) is 42.6 Å². The summed E-state index contributed by atoms with van der Waals surface area (Å²) in [5.41, 5.74) is 7.20. The van der Waals surface area contributed by atoms with Crippen LogP contribution in [0.15, 0.2) is 18.2 Å². The number of aromatic nitrogens is 2. The van der Waals surface area contributed by atoms with Crippen LogP contribution in [0, 0.1) is 11.3 Å². The van der Waals surface area contributed by atoms with Gasteiger partial charge in [-0.2, -0.15) is 5.10 Å². The number of H-pyrrole nitrogens is 1. The molecular formula is C16H18N4O2. The van der Waals surface area contributed by atoms with Gasteiger partial charge in [0.1, 0.15) is 0 Å². The third kappa shape index (κ3) is 1.98. The normalized spacial score (nSPS) is 22.1. The van der Waals surface area contributed by atoms with Gasteiger partial charge in [0.2, 0.25) is 5.91 Å². The number of primary amides is 1. The smallest absolute Gasteiger partial charge is 0.269 e. The largest absolute Gasteiger partial charge is 0.364 e. The summed E-state index contributed by atoms with van der Waals surface area (Å²) in [5, 5.41) is 10.3. The number of carbonyl (C=O) groups excluding carboxylic acids is 2. The van der Waals surface area contributed by atoms with Crippen molar-refractivity contribution in [3.05, 3.63) is 23.9 Å². The lowest BCUT2D eigenvalue weighted by atomic mass is 9.92. The number of amides is 2. The molecule has 1 unspecified atom stereocenters. The number of carbonyl (C=O) groups is 2. The maximum Gasteiger partial charge on any atom is 0.269 e. The summed E-state index contributed by atoms with van der Waals surface area (Å²) in [6.45, 7) is 0. The SMILES string of the molecule is NC(=O)c1n[nH]c2ccc(NC(=O)C3CCCC34CC4)cc12. The molecule has 0 saturated heterocycles. The number of nitrogens with two attached hydrogens (primary N) is 1. The molecule has 6 heteroatoms. The van der Waals surface area contributed by atoms with Crippen LogP contribution in [0.2, 0.25) is 0 Å². The van der Waals surface area contributed by atoms with Crippen molar-refractivity contribution in [3.63, 3.8) is 0 Å². The lowest BCUT2D eigenvalue weighted by molar-refractivity contribution is -0.121. The van der Waals surface area contributed by atoms with Crippen molar-refractivity contribution in [2.24, 2.45) is 17.1 Å². The van der Waals surface area contributed by atoms with E-state index in [1.807, 2.05) is 6.07 Å².